The molecule has 0 saturated heterocycles. The number of hydrogen-bond acceptors (Lipinski definition) is 3. The van der Waals surface area contributed by atoms with Crippen LogP contribution in [0.25, 0.3) is 0 Å². The van der Waals surface area contributed by atoms with Gasteiger partial charge in [-0.3, -0.25) is 0 Å². The Morgan fingerprint density at radius 1 is 1.32 bits per heavy atom. The summed E-state index contributed by atoms with van der Waals surface area (Å²) in [6.07, 6.45) is 0.911. The van der Waals surface area contributed by atoms with E-state index >= 15 is 0 Å². The van der Waals surface area contributed by atoms with Gasteiger partial charge >= 0.3 is 0 Å². The van der Waals surface area contributed by atoms with Gasteiger partial charge in [0.15, 0.2) is 0 Å². The topological polar surface area (TPSA) is 49.5 Å². The molecule has 1 unspecified atom stereocenters. The molecule has 3 nitrogen and oxygen atoms in total. The molecule has 108 valence electrons. The smallest absolute Gasteiger partial charge is 0.0718 e. The first kappa shape index (κ1) is 16.2. The van der Waals surface area contributed by atoms with E-state index in [2.05, 4.69) is 30.9 Å². The molecule has 0 radical (unpaired) electrons. The Hall–Kier alpha value is -0.900. The molecule has 0 bridgehead atoms. The average Bonchev–Trinajstić information content (AvgIpc) is 2.33. The Labute approximate surface area is 117 Å². The molecule has 1 aromatic carbocycles. The van der Waals surface area contributed by atoms with Crippen molar-refractivity contribution in [3.8, 4) is 0 Å². The van der Waals surface area contributed by atoms with E-state index in [9.17, 15) is 5.11 Å². The monoisotopic (exact) mass is 264 g/mol. The van der Waals surface area contributed by atoms with Gasteiger partial charge in [-0.25, -0.2) is 0 Å². The highest BCUT2D eigenvalue weighted by molar-refractivity contribution is 5.28. The maximum absolute atomic E-state index is 9.87. The number of aliphatic hydroxyl groups is 1. The van der Waals surface area contributed by atoms with Gasteiger partial charge in [0.1, 0.15) is 0 Å². The van der Waals surface area contributed by atoms with Crippen molar-refractivity contribution in [1.29, 1.82) is 0 Å². The number of benzene rings is 1. The lowest BCUT2D eigenvalue weighted by molar-refractivity contribution is 0.0370. The number of rotatable bonds is 7. The highest BCUT2D eigenvalue weighted by Crippen LogP contribution is 2.18. The summed E-state index contributed by atoms with van der Waals surface area (Å²) >= 11 is 0. The summed E-state index contributed by atoms with van der Waals surface area (Å²) < 4.78 is 0. The predicted molar refractivity (Wildman–Crippen MR) is 81.1 cm³/mol. The van der Waals surface area contributed by atoms with E-state index in [-0.39, 0.29) is 6.04 Å². The molecule has 1 atom stereocenters. The first-order valence-corrected chi connectivity index (χ1v) is 7.09. The van der Waals surface area contributed by atoms with Crippen molar-refractivity contribution in [2.45, 2.75) is 45.8 Å². The van der Waals surface area contributed by atoms with Gasteiger partial charge in [0.05, 0.1) is 5.60 Å². The lowest BCUT2D eigenvalue weighted by atomic mass is 9.99. The number of likely N-dealkylation sites (N-methyl/N-ethyl adjacent to an activating group) is 1. The van der Waals surface area contributed by atoms with E-state index in [1.165, 1.54) is 11.1 Å². The highest BCUT2D eigenvalue weighted by Gasteiger charge is 2.18. The van der Waals surface area contributed by atoms with Crippen molar-refractivity contribution in [3.63, 3.8) is 0 Å². The van der Waals surface area contributed by atoms with Crippen LogP contribution in [0.1, 0.15) is 44.4 Å². The minimum atomic E-state index is -0.650. The van der Waals surface area contributed by atoms with Crippen molar-refractivity contribution in [2.24, 2.45) is 5.73 Å². The van der Waals surface area contributed by atoms with Crippen LogP contribution in [0.3, 0.4) is 0 Å². The van der Waals surface area contributed by atoms with Gasteiger partial charge in [0.25, 0.3) is 0 Å². The van der Waals surface area contributed by atoms with Crippen LogP contribution in [0.4, 0.5) is 0 Å². The van der Waals surface area contributed by atoms with Crippen molar-refractivity contribution < 1.29 is 5.11 Å². The van der Waals surface area contributed by atoms with Gasteiger partial charge in [-0.05, 0) is 44.9 Å². The van der Waals surface area contributed by atoms with Crippen LogP contribution in [-0.2, 0) is 0 Å². The molecule has 3 heteroatoms. The largest absolute Gasteiger partial charge is 0.389 e. The summed E-state index contributed by atoms with van der Waals surface area (Å²) in [7, 11) is 0. The van der Waals surface area contributed by atoms with E-state index in [0.29, 0.717) is 6.54 Å². The summed E-state index contributed by atoms with van der Waals surface area (Å²) in [5.41, 5.74) is 8.10. The Bertz CT molecular complexity index is 385. The number of aryl methyl sites for hydroxylation is 1. The number of hydrogen-bond donors (Lipinski definition) is 2. The molecule has 0 aliphatic carbocycles. The van der Waals surface area contributed by atoms with Crippen LogP contribution in [0, 0.1) is 6.92 Å². The standard InChI is InChI=1S/C16H28N2O/c1-5-18(12-16(3,4)19)11-10-15(17)14-9-7-6-8-13(14)2/h6-9,15,19H,5,10-12,17H2,1-4H3. The van der Waals surface area contributed by atoms with Crippen molar-refractivity contribution >= 4 is 0 Å². The Kier molecular flexibility index (Phi) is 5.98. The molecule has 1 rings (SSSR count). The second-order valence-electron chi connectivity index (χ2n) is 5.93. The quantitative estimate of drug-likeness (QED) is 0.795. The third kappa shape index (κ3) is 5.72. The zero-order chi connectivity index (χ0) is 14.5. The molecule has 0 aromatic heterocycles. The van der Waals surface area contributed by atoms with Crippen LogP contribution >= 0.6 is 0 Å². The van der Waals surface area contributed by atoms with Gasteiger partial charge in [-0.2, -0.15) is 0 Å². The molecule has 0 aliphatic rings. The van der Waals surface area contributed by atoms with E-state index < -0.39 is 5.60 Å². The Morgan fingerprint density at radius 2 is 1.95 bits per heavy atom. The van der Waals surface area contributed by atoms with E-state index in [1.807, 2.05) is 26.0 Å². The van der Waals surface area contributed by atoms with Crippen LogP contribution in [-0.4, -0.2) is 35.2 Å². The molecule has 0 fully saturated rings. The van der Waals surface area contributed by atoms with Crippen molar-refractivity contribution in [3.05, 3.63) is 35.4 Å². The molecule has 0 saturated carbocycles. The molecule has 3 N–H and O–H groups in total. The number of nitrogens with zero attached hydrogens (tertiary/aromatic N) is 1. The zero-order valence-corrected chi connectivity index (χ0v) is 12.7. The fraction of sp³-hybridized carbons (Fsp3) is 0.625. The molecule has 19 heavy (non-hydrogen) atoms. The average molecular weight is 264 g/mol. The van der Waals surface area contributed by atoms with Gasteiger partial charge < -0.3 is 15.7 Å². The summed E-state index contributed by atoms with van der Waals surface area (Å²) in [5, 5.41) is 9.87. The van der Waals surface area contributed by atoms with E-state index in [0.717, 1.165) is 19.5 Å². The summed E-state index contributed by atoms with van der Waals surface area (Å²) in [4.78, 5) is 2.25. The van der Waals surface area contributed by atoms with Crippen LogP contribution in [0.2, 0.25) is 0 Å². The summed E-state index contributed by atoms with van der Waals surface area (Å²) in [6, 6.07) is 8.35. The molecule has 0 spiro atoms. The lowest BCUT2D eigenvalue weighted by Crippen LogP contribution is -2.39. The Morgan fingerprint density at radius 3 is 2.47 bits per heavy atom. The molecular formula is C16H28N2O. The van der Waals surface area contributed by atoms with Gasteiger partial charge in [0.2, 0.25) is 0 Å². The third-order valence-corrected chi connectivity index (χ3v) is 3.40. The van der Waals surface area contributed by atoms with E-state index in [4.69, 9.17) is 5.73 Å². The summed E-state index contributed by atoms with van der Waals surface area (Å²) in [5.74, 6) is 0. The third-order valence-electron chi connectivity index (χ3n) is 3.40. The second kappa shape index (κ2) is 7.04. The van der Waals surface area contributed by atoms with Crippen molar-refractivity contribution in [2.75, 3.05) is 19.6 Å². The highest BCUT2D eigenvalue weighted by atomic mass is 16.3. The minimum Gasteiger partial charge on any atom is -0.389 e. The maximum atomic E-state index is 9.87. The fourth-order valence-corrected chi connectivity index (χ4v) is 2.38. The van der Waals surface area contributed by atoms with Gasteiger partial charge in [0, 0.05) is 19.1 Å². The SMILES string of the molecule is CCN(CCC(N)c1ccccc1C)CC(C)(C)O. The maximum Gasteiger partial charge on any atom is 0.0718 e. The van der Waals surface area contributed by atoms with Crippen molar-refractivity contribution in [1.82, 2.24) is 4.90 Å². The molecular weight excluding hydrogens is 236 g/mol. The second-order valence-corrected chi connectivity index (χ2v) is 5.93. The Balaban J connectivity index is 2.53. The molecule has 0 heterocycles. The lowest BCUT2D eigenvalue weighted by Gasteiger charge is -2.29. The summed E-state index contributed by atoms with van der Waals surface area (Å²) in [6.45, 7) is 10.4. The van der Waals surface area contributed by atoms with E-state index in [1.54, 1.807) is 0 Å². The molecule has 0 amide bonds. The van der Waals surface area contributed by atoms with Crippen LogP contribution < -0.4 is 5.73 Å². The first-order valence-electron chi connectivity index (χ1n) is 7.09. The first-order chi connectivity index (χ1) is 8.83. The van der Waals surface area contributed by atoms with Crippen LogP contribution in [0.5, 0.6) is 0 Å². The van der Waals surface area contributed by atoms with Gasteiger partial charge in [-0.15, -0.1) is 0 Å². The normalized spacial score (nSPS) is 13.8. The van der Waals surface area contributed by atoms with Crippen LogP contribution in [0.15, 0.2) is 24.3 Å². The number of nitrogens with two attached hydrogens (primary N) is 1. The minimum absolute atomic E-state index is 0.0667. The molecule has 0 aliphatic heterocycles. The predicted octanol–water partition coefficient (Wildman–Crippen LogP) is 2.48. The fourth-order valence-electron chi connectivity index (χ4n) is 2.38. The zero-order valence-electron chi connectivity index (χ0n) is 12.7. The molecule has 1 aromatic rings. The van der Waals surface area contributed by atoms with Gasteiger partial charge in [-0.1, -0.05) is 31.2 Å².